The predicted molar refractivity (Wildman–Crippen MR) is 88.1 cm³/mol. The Morgan fingerprint density at radius 1 is 1.22 bits per heavy atom. The minimum Gasteiger partial charge on any atom is -0.493 e. The monoisotopic (exact) mass is 323 g/mol. The quantitative estimate of drug-likeness (QED) is 0.734. The van der Waals surface area contributed by atoms with Gasteiger partial charge in [-0.1, -0.05) is 0 Å². The fourth-order valence-corrected chi connectivity index (χ4v) is 2.48. The molecule has 1 aromatic rings. The molecule has 1 fully saturated rings. The highest BCUT2D eigenvalue weighted by atomic mass is 19.1. The van der Waals surface area contributed by atoms with Crippen LogP contribution in [0.2, 0.25) is 0 Å². The summed E-state index contributed by atoms with van der Waals surface area (Å²) in [6.07, 6.45) is 1.28. The van der Waals surface area contributed by atoms with Crippen LogP contribution in [0, 0.1) is 5.82 Å². The number of halogens is 1. The standard InChI is InChI=1S/C17H26FN3O2/c1-20-10-12-21(13-11-20)9-2-8-19-17(22)7-14-23-16-5-3-15(18)4-6-16/h3-6H,2,7-14H2,1H3,(H,19,22). The van der Waals surface area contributed by atoms with Gasteiger partial charge in [0.05, 0.1) is 13.0 Å². The number of piperazine rings is 1. The van der Waals surface area contributed by atoms with Crippen LogP contribution in [-0.2, 0) is 4.79 Å². The van der Waals surface area contributed by atoms with Crippen LogP contribution < -0.4 is 10.1 Å². The van der Waals surface area contributed by atoms with Gasteiger partial charge in [0, 0.05) is 32.7 Å². The van der Waals surface area contributed by atoms with Gasteiger partial charge < -0.3 is 19.9 Å². The van der Waals surface area contributed by atoms with E-state index in [1.54, 1.807) is 12.1 Å². The normalized spacial score (nSPS) is 16.3. The van der Waals surface area contributed by atoms with E-state index >= 15 is 0 Å². The first-order chi connectivity index (χ1) is 11.1. The summed E-state index contributed by atoms with van der Waals surface area (Å²) in [4.78, 5) is 16.5. The second-order valence-electron chi connectivity index (χ2n) is 5.90. The summed E-state index contributed by atoms with van der Waals surface area (Å²) in [6.45, 7) is 6.48. The molecule has 0 aromatic heterocycles. The molecule has 128 valence electrons. The fraction of sp³-hybridized carbons (Fsp3) is 0.588. The Hall–Kier alpha value is -1.66. The Morgan fingerprint density at radius 3 is 2.61 bits per heavy atom. The van der Waals surface area contributed by atoms with Gasteiger partial charge in [-0.25, -0.2) is 4.39 Å². The van der Waals surface area contributed by atoms with Crippen LogP contribution in [0.3, 0.4) is 0 Å². The number of likely N-dealkylation sites (N-methyl/N-ethyl adjacent to an activating group) is 1. The van der Waals surface area contributed by atoms with E-state index in [1.807, 2.05) is 0 Å². The van der Waals surface area contributed by atoms with Crippen molar-refractivity contribution in [2.24, 2.45) is 0 Å². The molecule has 5 nitrogen and oxygen atoms in total. The highest BCUT2D eigenvalue weighted by Gasteiger charge is 2.12. The number of hydrogen-bond donors (Lipinski definition) is 1. The number of benzene rings is 1. The summed E-state index contributed by atoms with van der Waals surface area (Å²) in [5.41, 5.74) is 0. The molecular formula is C17H26FN3O2. The van der Waals surface area contributed by atoms with E-state index < -0.39 is 0 Å². The molecule has 1 aliphatic rings. The molecule has 1 aromatic carbocycles. The zero-order chi connectivity index (χ0) is 16.5. The van der Waals surface area contributed by atoms with Crippen LogP contribution in [0.5, 0.6) is 5.75 Å². The molecule has 6 heteroatoms. The number of hydrogen-bond acceptors (Lipinski definition) is 4. The van der Waals surface area contributed by atoms with Crippen LogP contribution >= 0.6 is 0 Å². The lowest BCUT2D eigenvalue weighted by atomic mass is 10.3. The van der Waals surface area contributed by atoms with Crippen LogP contribution in [-0.4, -0.2) is 68.6 Å². The molecule has 0 spiro atoms. The Kier molecular flexibility index (Phi) is 7.29. The van der Waals surface area contributed by atoms with Gasteiger partial charge in [-0.05, 0) is 44.3 Å². The molecule has 1 saturated heterocycles. The first kappa shape index (κ1) is 17.7. The number of carbonyl (C=O) groups excluding carboxylic acids is 1. The molecule has 0 atom stereocenters. The molecule has 1 aliphatic heterocycles. The van der Waals surface area contributed by atoms with Gasteiger partial charge in [0.1, 0.15) is 11.6 Å². The van der Waals surface area contributed by atoms with Gasteiger partial charge in [-0.15, -0.1) is 0 Å². The van der Waals surface area contributed by atoms with E-state index in [9.17, 15) is 9.18 Å². The number of nitrogens with one attached hydrogen (secondary N) is 1. The maximum Gasteiger partial charge on any atom is 0.223 e. The molecular weight excluding hydrogens is 297 g/mol. The minimum absolute atomic E-state index is 0.00881. The zero-order valence-electron chi connectivity index (χ0n) is 13.8. The number of nitrogens with zero attached hydrogens (tertiary/aromatic N) is 2. The van der Waals surface area contributed by atoms with Crippen molar-refractivity contribution in [2.45, 2.75) is 12.8 Å². The molecule has 0 bridgehead atoms. The fourth-order valence-electron chi connectivity index (χ4n) is 2.48. The van der Waals surface area contributed by atoms with Crippen LogP contribution in [0.1, 0.15) is 12.8 Å². The first-order valence-electron chi connectivity index (χ1n) is 8.19. The Morgan fingerprint density at radius 2 is 1.91 bits per heavy atom. The summed E-state index contributed by atoms with van der Waals surface area (Å²) in [6, 6.07) is 5.80. The molecule has 1 amide bonds. The Labute approximate surface area is 137 Å². The van der Waals surface area contributed by atoms with Crippen molar-refractivity contribution in [3.63, 3.8) is 0 Å². The Bertz CT molecular complexity index is 473. The summed E-state index contributed by atoms with van der Waals surface area (Å²) >= 11 is 0. The lowest BCUT2D eigenvalue weighted by Gasteiger charge is -2.32. The third-order valence-corrected chi connectivity index (χ3v) is 3.98. The van der Waals surface area contributed by atoms with Gasteiger partial charge >= 0.3 is 0 Å². The van der Waals surface area contributed by atoms with Crippen molar-refractivity contribution in [1.82, 2.24) is 15.1 Å². The summed E-state index contributed by atoms with van der Waals surface area (Å²) in [7, 11) is 2.14. The minimum atomic E-state index is -0.296. The van der Waals surface area contributed by atoms with Gasteiger partial charge in [0.25, 0.3) is 0 Å². The van der Waals surface area contributed by atoms with Gasteiger partial charge in [-0.3, -0.25) is 4.79 Å². The summed E-state index contributed by atoms with van der Waals surface area (Å²) < 4.78 is 18.1. The van der Waals surface area contributed by atoms with Crippen molar-refractivity contribution in [3.8, 4) is 5.75 Å². The highest BCUT2D eigenvalue weighted by Crippen LogP contribution is 2.11. The summed E-state index contributed by atoms with van der Waals surface area (Å²) in [5, 5.41) is 2.91. The number of carbonyl (C=O) groups is 1. The first-order valence-corrected chi connectivity index (χ1v) is 8.19. The molecule has 1 N–H and O–H groups in total. The van der Waals surface area contributed by atoms with E-state index in [-0.39, 0.29) is 11.7 Å². The zero-order valence-corrected chi connectivity index (χ0v) is 13.8. The molecule has 0 saturated carbocycles. The van der Waals surface area contributed by atoms with Crippen molar-refractivity contribution in [2.75, 3.05) is 52.9 Å². The van der Waals surface area contributed by atoms with E-state index in [0.29, 0.717) is 25.3 Å². The summed E-state index contributed by atoms with van der Waals surface area (Å²) in [5.74, 6) is 0.273. The van der Waals surface area contributed by atoms with Crippen molar-refractivity contribution >= 4 is 5.91 Å². The molecule has 23 heavy (non-hydrogen) atoms. The topological polar surface area (TPSA) is 44.8 Å². The third kappa shape index (κ3) is 6.97. The van der Waals surface area contributed by atoms with Gasteiger partial charge in [0.15, 0.2) is 0 Å². The maximum absolute atomic E-state index is 12.7. The number of ether oxygens (including phenoxy) is 1. The number of amides is 1. The molecule has 0 unspecified atom stereocenters. The molecule has 0 aliphatic carbocycles. The number of rotatable bonds is 8. The SMILES string of the molecule is CN1CCN(CCCNC(=O)CCOc2ccc(F)cc2)CC1. The van der Waals surface area contributed by atoms with E-state index in [2.05, 4.69) is 22.2 Å². The van der Waals surface area contributed by atoms with E-state index in [0.717, 1.165) is 39.1 Å². The second-order valence-corrected chi connectivity index (χ2v) is 5.90. The third-order valence-electron chi connectivity index (χ3n) is 3.98. The van der Waals surface area contributed by atoms with Crippen LogP contribution in [0.4, 0.5) is 4.39 Å². The molecule has 1 heterocycles. The average molecular weight is 323 g/mol. The van der Waals surface area contributed by atoms with Gasteiger partial charge in [0.2, 0.25) is 5.91 Å². The molecule has 2 rings (SSSR count). The Balaban J connectivity index is 1.49. The maximum atomic E-state index is 12.7. The van der Waals surface area contributed by atoms with Crippen LogP contribution in [0.15, 0.2) is 24.3 Å². The largest absolute Gasteiger partial charge is 0.493 e. The molecule has 0 radical (unpaired) electrons. The van der Waals surface area contributed by atoms with E-state index in [1.165, 1.54) is 12.1 Å². The van der Waals surface area contributed by atoms with Crippen molar-refractivity contribution in [3.05, 3.63) is 30.1 Å². The highest BCUT2D eigenvalue weighted by molar-refractivity contribution is 5.75. The lowest BCUT2D eigenvalue weighted by Crippen LogP contribution is -2.45. The van der Waals surface area contributed by atoms with Crippen molar-refractivity contribution in [1.29, 1.82) is 0 Å². The average Bonchev–Trinajstić information content (AvgIpc) is 2.55. The van der Waals surface area contributed by atoms with Crippen molar-refractivity contribution < 1.29 is 13.9 Å². The van der Waals surface area contributed by atoms with Crippen LogP contribution in [0.25, 0.3) is 0 Å². The van der Waals surface area contributed by atoms with Gasteiger partial charge in [-0.2, -0.15) is 0 Å². The second kappa shape index (κ2) is 9.47. The smallest absolute Gasteiger partial charge is 0.223 e. The predicted octanol–water partition coefficient (Wildman–Crippen LogP) is 1.35. The van der Waals surface area contributed by atoms with E-state index in [4.69, 9.17) is 4.74 Å². The lowest BCUT2D eigenvalue weighted by molar-refractivity contribution is -0.121.